The fourth-order valence-corrected chi connectivity index (χ4v) is 3.95. The number of nitrogens with one attached hydrogen (secondary N) is 1. The van der Waals surface area contributed by atoms with Crippen LogP contribution in [0.25, 0.3) is 10.2 Å². The van der Waals surface area contributed by atoms with Gasteiger partial charge in [-0.25, -0.2) is 9.78 Å². The van der Waals surface area contributed by atoms with Crippen LogP contribution in [-0.2, 0) is 4.74 Å². The third-order valence-electron chi connectivity index (χ3n) is 4.21. The van der Waals surface area contributed by atoms with E-state index >= 15 is 0 Å². The van der Waals surface area contributed by atoms with Crippen molar-refractivity contribution < 1.29 is 23.7 Å². The normalized spacial score (nSPS) is 15.4. The van der Waals surface area contributed by atoms with E-state index < -0.39 is 12.2 Å². The summed E-state index contributed by atoms with van der Waals surface area (Å²) in [5.41, 5.74) is 1.91. The van der Waals surface area contributed by atoms with E-state index in [1.807, 2.05) is 25.1 Å². The third kappa shape index (κ3) is 3.02. The second kappa shape index (κ2) is 6.96. The molecule has 0 aliphatic carbocycles. The van der Waals surface area contributed by atoms with Crippen LogP contribution >= 0.6 is 11.3 Å². The highest BCUT2D eigenvalue weighted by Gasteiger charge is 2.36. The molecule has 7 nitrogen and oxygen atoms in total. The summed E-state index contributed by atoms with van der Waals surface area (Å²) in [7, 11) is 3.02. The Morgan fingerprint density at radius 3 is 2.81 bits per heavy atom. The van der Waals surface area contributed by atoms with Crippen LogP contribution in [0, 0.1) is 0 Å². The number of thiazole rings is 1. The molecule has 0 saturated heterocycles. The Kier molecular flexibility index (Phi) is 4.49. The van der Waals surface area contributed by atoms with Crippen LogP contribution in [0.4, 0.5) is 5.13 Å². The van der Waals surface area contributed by atoms with Gasteiger partial charge >= 0.3 is 5.97 Å². The highest BCUT2D eigenvalue weighted by atomic mass is 32.1. The fraction of sp³-hybridized carbons (Fsp3) is 0.263. The van der Waals surface area contributed by atoms with Crippen molar-refractivity contribution in [3.05, 3.63) is 41.5 Å². The van der Waals surface area contributed by atoms with E-state index in [0.717, 1.165) is 16.0 Å². The highest BCUT2D eigenvalue weighted by Crippen LogP contribution is 2.42. The number of nitrogens with zero attached hydrogens (tertiary/aromatic N) is 1. The number of aromatic nitrogens is 1. The van der Waals surface area contributed by atoms with Crippen LogP contribution in [-0.4, -0.2) is 31.8 Å². The van der Waals surface area contributed by atoms with E-state index in [0.29, 0.717) is 34.4 Å². The number of cyclic esters (lactones) is 1. The number of hydrogen-bond acceptors (Lipinski definition) is 8. The van der Waals surface area contributed by atoms with Crippen LogP contribution < -0.4 is 19.5 Å². The van der Waals surface area contributed by atoms with Gasteiger partial charge in [-0.2, -0.15) is 0 Å². The number of methoxy groups -OCH3 is 2. The smallest absolute Gasteiger partial charge is 0.344 e. The summed E-state index contributed by atoms with van der Waals surface area (Å²) in [6.07, 6.45) is -0.640. The molecule has 1 aromatic heterocycles. The minimum atomic E-state index is -0.640. The van der Waals surface area contributed by atoms with Gasteiger partial charge in [0.1, 0.15) is 11.3 Å². The Bertz CT molecular complexity index is 1020. The molecule has 0 fully saturated rings. The number of hydrogen-bond donors (Lipinski definition) is 1. The molecule has 2 aromatic carbocycles. The van der Waals surface area contributed by atoms with Crippen LogP contribution in [0.5, 0.6) is 17.2 Å². The second-order valence-electron chi connectivity index (χ2n) is 5.78. The molecular weight excluding hydrogens is 368 g/mol. The van der Waals surface area contributed by atoms with Crippen molar-refractivity contribution in [3.8, 4) is 17.2 Å². The summed E-state index contributed by atoms with van der Waals surface area (Å²) in [4.78, 5) is 16.9. The third-order valence-corrected chi connectivity index (χ3v) is 5.16. The largest absolute Gasteiger partial charge is 0.494 e. The minimum Gasteiger partial charge on any atom is -0.494 e. The van der Waals surface area contributed by atoms with Crippen molar-refractivity contribution in [2.45, 2.75) is 13.2 Å². The summed E-state index contributed by atoms with van der Waals surface area (Å²) in [5.74, 6) is 1.19. The van der Waals surface area contributed by atoms with Gasteiger partial charge in [0.25, 0.3) is 0 Å². The predicted molar refractivity (Wildman–Crippen MR) is 102 cm³/mol. The molecular formula is C19H18N2O5S. The maximum atomic E-state index is 12.4. The molecule has 27 heavy (non-hydrogen) atoms. The van der Waals surface area contributed by atoms with Gasteiger partial charge in [0.15, 0.2) is 16.6 Å². The summed E-state index contributed by atoms with van der Waals surface area (Å²) in [5, 5.41) is 3.84. The molecule has 1 unspecified atom stereocenters. The van der Waals surface area contributed by atoms with Gasteiger partial charge in [0.05, 0.1) is 31.0 Å². The SMILES string of the molecule is CCOc1ccc2nc(NC3OC(=O)c4c3ccc(OC)c4OC)sc2c1. The highest BCUT2D eigenvalue weighted by molar-refractivity contribution is 7.22. The lowest BCUT2D eigenvalue weighted by molar-refractivity contribution is 0.0435. The van der Waals surface area contributed by atoms with Gasteiger partial charge in [-0.3, -0.25) is 0 Å². The van der Waals surface area contributed by atoms with Gasteiger partial charge in [-0.15, -0.1) is 0 Å². The first-order chi connectivity index (χ1) is 13.1. The Morgan fingerprint density at radius 2 is 2.07 bits per heavy atom. The molecule has 0 spiro atoms. The molecule has 4 rings (SSSR count). The number of benzene rings is 2. The monoisotopic (exact) mass is 386 g/mol. The van der Waals surface area contributed by atoms with Crippen LogP contribution in [0.3, 0.4) is 0 Å². The molecule has 1 atom stereocenters. The number of esters is 1. The molecule has 0 amide bonds. The van der Waals surface area contributed by atoms with Crippen molar-refractivity contribution in [1.29, 1.82) is 0 Å². The van der Waals surface area contributed by atoms with Crippen molar-refractivity contribution >= 4 is 32.7 Å². The number of ether oxygens (including phenoxy) is 4. The lowest BCUT2D eigenvalue weighted by Gasteiger charge is -2.13. The molecule has 1 aliphatic rings. The predicted octanol–water partition coefficient (Wildman–Crippen LogP) is 3.99. The van der Waals surface area contributed by atoms with E-state index in [4.69, 9.17) is 18.9 Å². The number of carbonyl (C=O) groups is 1. The van der Waals surface area contributed by atoms with Crippen molar-refractivity contribution in [2.75, 3.05) is 26.1 Å². The fourth-order valence-electron chi connectivity index (χ4n) is 3.04. The molecule has 1 aliphatic heterocycles. The number of carbonyl (C=O) groups excluding carboxylic acids is 1. The first-order valence-corrected chi connectivity index (χ1v) is 9.22. The molecule has 1 N–H and O–H groups in total. The zero-order valence-corrected chi connectivity index (χ0v) is 15.9. The minimum absolute atomic E-state index is 0.370. The average Bonchev–Trinajstić information content (AvgIpc) is 3.21. The zero-order valence-electron chi connectivity index (χ0n) is 15.1. The Labute approximate surface area is 159 Å². The maximum Gasteiger partial charge on any atom is 0.344 e. The van der Waals surface area contributed by atoms with Gasteiger partial charge in [0, 0.05) is 5.56 Å². The zero-order chi connectivity index (χ0) is 19.0. The van der Waals surface area contributed by atoms with E-state index in [-0.39, 0.29) is 0 Å². The van der Waals surface area contributed by atoms with E-state index in [1.54, 1.807) is 12.1 Å². The molecule has 140 valence electrons. The Balaban J connectivity index is 1.65. The number of anilines is 1. The van der Waals surface area contributed by atoms with Crippen LogP contribution in [0.1, 0.15) is 29.1 Å². The summed E-state index contributed by atoms with van der Waals surface area (Å²) < 4.78 is 22.6. The lowest BCUT2D eigenvalue weighted by atomic mass is 10.1. The van der Waals surface area contributed by atoms with Gasteiger partial charge in [0.2, 0.25) is 6.23 Å². The van der Waals surface area contributed by atoms with E-state index in [9.17, 15) is 4.79 Å². The summed E-state index contributed by atoms with van der Waals surface area (Å²) in [6, 6.07) is 9.28. The van der Waals surface area contributed by atoms with E-state index in [1.165, 1.54) is 25.6 Å². The van der Waals surface area contributed by atoms with Gasteiger partial charge < -0.3 is 24.3 Å². The molecule has 0 radical (unpaired) electrons. The topological polar surface area (TPSA) is 78.9 Å². The van der Waals surface area contributed by atoms with E-state index in [2.05, 4.69) is 10.3 Å². The van der Waals surface area contributed by atoms with Crippen molar-refractivity contribution in [3.63, 3.8) is 0 Å². The maximum absolute atomic E-state index is 12.4. The number of fused-ring (bicyclic) bond motifs is 2. The first kappa shape index (κ1) is 17.4. The molecule has 0 bridgehead atoms. The van der Waals surface area contributed by atoms with Crippen molar-refractivity contribution in [1.82, 2.24) is 4.98 Å². The molecule has 3 aromatic rings. The summed E-state index contributed by atoms with van der Waals surface area (Å²) in [6.45, 7) is 2.55. The average molecular weight is 386 g/mol. The van der Waals surface area contributed by atoms with Crippen molar-refractivity contribution in [2.24, 2.45) is 0 Å². The Hall–Kier alpha value is -3.00. The number of rotatable bonds is 6. The molecule has 8 heteroatoms. The quantitative estimate of drug-likeness (QED) is 0.642. The van der Waals surface area contributed by atoms with Crippen LogP contribution in [0.15, 0.2) is 30.3 Å². The Morgan fingerprint density at radius 1 is 1.22 bits per heavy atom. The van der Waals surface area contributed by atoms with Gasteiger partial charge in [-0.05, 0) is 37.3 Å². The molecule has 0 saturated carbocycles. The first-order valence-electron chi connectivity index (χ1n) is 8.40. The van der Waals surface area contributed by atoms with Crippen LogP contribution in [0.2, 0.25) is 0 Å². The lowest BCUT2D eigenvalue weighted by Crippen LogP contribution is -2.09. The summed E-state index contributed by atoms with van der Waals surface area (Å²) >= 11 is 1.47. The standard InChI is InChI=1S/C19H18N2O5S/c1-4-25-10-5-7-12-14(9-10)27-19(20-12)21-17-11-6-8-13(23-2)16(24-3)15(11)18(22)26-17/h5-9,17H,4H2,1-3H3,(H,20,21). The molecule has 2 heterocycles. The van der Waals surface area contributed by atoms with Gasteiger partial charge in [-0.1, -0.05) is 11.3 Å². The second-order valence-corrected chi connectivity index (χ2v) is 6.81.